The average molecular weight is 168 g/mol. The molecule has 0 aromatic carbocycles. The molecule has 0 aliphatic rings. The Labute approximate surface area is 74.5 Å². The number of hydrogen-bond donors (Lipinski definition) is 0. The minimum atomic E-state index is -0.145. The summed E-state index contributed by atoms with van der Waals surface area (Å²) in [6, 6.07) is 0. The van der Waals surface area contributed by atoms with E-state index in [1.807, 2.05) is 20.8 Å². The first-order valence-electron chi connectivity index (χ1n) is 4.18. The predicted octanol–water partition coefficient (Wildman–Crippen LogP) is 4.02. The molecule has 0 unspecified atom stereocenters. The molecule has 0 nitrogen and oxygen atoms in total. The summed E-state index contributed by atoms with van der Waals surface area (Å²) < 4.78 is 13.2. The van der Waals surface area contributed by atoms with Crippen molar-refractivity contribution < 1.29 is 4.39 Å². The van der Waals surface area contributed by atoms with Crippen molar-refractivity contribution in [3.8, 4) is 0 Å². The average Bonchev–Trinajstić information content (AvgIpc) is 1.98. The quantitative estimate of drug-likeness (QED) is 0.558. The lowest BCUT2D eigenvalue weighted by atomic mass is 10.00. The lowest BCUT2D eigenvalue weighted by Gasteiger charge is -2.08. The topological polar surface area (TPSA) is 0 Å². The van der Waals surface area contributed by atoms with E-state index < -0.39 is 0 Å². The Balaban J connectivity index is 4.79. The van der Waals surface area contributed by atoms with Crippen LogP contribution < -0.4 is 0 Å². The second-order valence-electron chi connectivity index (χ2n) is 3.24. The SMILES string of the molecule is C=C(C)/C=C(\C(F)=C/C)C(C)C. The molecule has 0 spiro atoms. The van der Waals surface area contributed by atoms with E-state index in [-0.39, 0.29) is 11.7 Å². The van der Waals surface area contributed by atoms with Crippen LogP contribution in [0.1, 0.15) is 27.7 Å². The molecule has 0 fully saturated rings. The van der Waals surface area contributed by atoms with Gasteiger partial charge in [-0.05, 0) is 25.3 Å². The van der Waals surface area contributed by atoms with Gasteiger partial charge in [-0.15, -0.1) is 0 Å². The lowest BCUT2D eigenvalue weighted by molar-refractivity contribution is 0.606. The Morgan fingerprint density at radius 3 is 2.17 bits per heavy atom. The van der Waals surface area contributed by atoms with Gasteiger partial charge in [0.1, 0.15) is 5.83 Å². The monoisotopic (exact) mass is 168 g/mol. The van der Waals surface area contributed by atoms with Crippen LogP contribution in [0.4, 0.5) is 4.39 Å². The number of hydrogen-bond acceptors (Lipinski definition) is 0. The highest BCUT2D eigenvalue weighted by atomic mass is 19.1. The normalized spacial score (nSPS) is 13.8. The highest BCUT2D eigenvalue weighted by Gasteiger charge is 2.07. The van der Waals surface area contributed by atoms with Gasteiger partial charge in [0, 0.05) is 0 Å². The van der Waals surface area contributed by atoms with Gasteiger partial charge < -0.3 is 0 Å². The van der Waals surface area contributed by atoms with Crippen molar-refractivity contribution in [2.24, 2.45) is 5.92 Å². The smallest absolute Gasteiger partial charge is 0.122 e. The van der Waals surface area contributed by atoms with Gasteiger partial charge in [-0.1, -0.05) is 38.2 Å². The minimum absolute atomic E-state index is 0.145. The van der Waals surface area contributed by atoms with Crippen LogP contribution in [0.5, 0.6) is 0 Å². The van der Waals surface area contributed by atoms with Crippen LogP contribution in [0.3, 0.4) is 0 Å². The molecule has 0 saturated heterocycles. The van der Waals surface area contributed by atoms with Crippen LogP contribution >= 0.6 is 0 Å². The van der Waals surface area contributed by atoms with E-state index in [9.17, 15) is 4.39 Å². The first-order chi connectivity index (χ1) is 5.49. The molecule has 0 radical (unpaired) electrons. The van der Waals surface area contributed by atoms with Gasteiger partial charge in [0.25, 0.3) is 0 Å². The van der Waals surface area contributed by atoms with Gasteiger partial charge in [-0.25, -0.2) is 4.39 Å². The van der Waals surface area contributed by atoms with Crippen molar-refractivity contribution in [1.29, 1.82) is 0 Å². The Morgan fingerprint density at radius 1 is 1.42 bits per heavy atom. The number of allylic oxidation sites excluding steroid dienone is 5. The first kappa shape index (κ1) is 11.2. The molecule has 0 bridgehead atoms. The molecular formula is C11H17F. The number of halogens is 1. The molecular weight excluding hydrogens is 151 g/mol. The van der Waals surface area contributed by atoms with Crippen LogP contribution in [0.2, 0.25) is 0 Å². The molecule has 0 atom stereocenters. The fourth-order valence-electron chi connectivity index (χ4n) is 0.944. The maximum absolute atomic E-state index is 13.2. The zero-order valence-corrected chi connectivity index (χ0v) is 8.32. The summed E-state index contributed by atoms with van der Waals surface area (Å²) >= 11 is 0. The lowest BCUT2D eigenvalue weighted by Crippen LogP contribution is -1.95. The molecule has 0 saturated carbocycles. The molecule has 0 aromatic rings. The second-order valence-corrected chi connectivity index (χ2v) is 3.24. The Morgan fingerprint density at radius 2 is 1.92 bits per heavy atom. The van der Waals surface area contributed by atoms with Crippen molar-refractivity contribution in [2.45, 2.75) is 27.7 Å². The molecule has 12 heavy (non-hydrogen) atoms. The molecule has 0 heterocycles. The molecule has 0 amide bonds. The third kappa shape index (κ3) is 3.51. The van der Waals surface area contributed by atoms with E-state index in [0.29, 0.717) is 0 Å². The molecule has 0 rings (SSSR count). The zero-order chi connectivity index (χ0) is 9.72. The van der Waals surface area contributed by atoms with Gasteiger partial charge in [-0.2, -0.15) is 0 Å². The van der Waals surface area contributed by atoms with Crippen molar-refractivity contribution in [3.05, 3.63) is 35.7 Å². The van der Waals surface area contributed by atoms with Crippen molar-refractivity contribution in [1.82, 2.24) is 0 Å². The van der Waals surface area contributed by atoms with E-state index in [4.69, 9.17) is 0 Å². The summed E-state index contributed by atoms with van der Waals surface area (Å²) in [4.78, 5) is 0. The minimum Gasteiger partial charge on any atom is -0.207 e. The largest absolute Gasteiger partial charge is 0.207 e. The number of rotatable bonds is 3. The first-order valence-corrected chi connectivity index (χ1v) is 4.18. The fraction of sp³-hybridized carbons (Fsp3) is 0.455. The Bertz CT molecular complexity index is 219. The van der Waals surface area contributed by atoms with E-state index >= 15 is 0 Å². The van der Waals surface area contributed by atoms with Crippen LogP contribution in [-0.4, -0.2) is 0 Å². The van der Waals surface area contributed by atoms with Crippen molar-refractivity contribution in [3.63, 3.8) is 0 Å². The van der Waals surface area contributed by atoms with E-state index in [0.717, 1.165) is 11.1 Å². The molecule has 1 heteroatoms. The standard InChI is InChI=1S/C11H17F/c1-6-11(12)10(9(4)5)7-8(2)3/h6-7,9H,2H2,1,3-5H3/b10-7-,11-6+. The molecule has 0 aromatic heterocycles. The van der Waals surface area contributed by atoms with E-state index in [2.05, 4.69) is 6.58 Å². The maximum Gasteiger partial charge on any atom is 0.122 e. The molecule has 0 N–H and O–H groups in total. The highest BCUT2D eigenvalue weighted by molar-refractivity contribution is 5.32. The third-order valence-corrected chi connectivity index (χ3v) is 1.55. The fourth-order valence-corrected chi connectivity index (χ4v) is 0.944. The summed E-state index contributed by atoms with van der Waals surface area (Å²) in [5.41, 5.74) is 1.61. The van der Waals surface area contributed by atoms with Crippen LogP contribution in [0.15, 0.2) is 35.7 Å². The Hall–Kier alpha value is -0.850. The van der Waals surface area contributed by atoms with Gasteiger partial charge in [-0.3, -0.25) is 0 Å². The van der Waals surface area contributed by atoms with Crippen LogP contribution in [0, 0.1) is 5.92 Å². The zero-order valence-electron chi connectivity index (χ0n) is 8.32. The van der Waals surface area contributed by atoms with Gasteiger partial charge in [0.15, 0.2) is 0 Å². The molecule has 0 aliphatic carbocycles. The van der Waals surface area contributed by atoms with Crippen LogP contribution in [-0.2, 0) is 0 Å². The van der Waals surface area contributed by atoms with Crippen molar-refractivity contribution >= 4 is 0 Å². The summed E-state index contributed by atoms with van der Waals surface area (Å²) in [6.45, 7) is 11.2. The Kier molecular flexibility index (Phi) is 4.57. The molecule has 68 valence electrons. The second kappa shape index (κ2) is 4.91. The highest BCUT2D eigenvalue weighted by Crippen LogP contribution is 2.21. The predicted molar refractivity (Wildman–Crippen MR) is 52.6 cm³/mol. The molecule has 0 aliphatic heterocycles. The summed E-state index contributed by atoms with van der Waals surface area (Å²) in [5, 5.41) is 0. The van der Waals surface area contributed by atoms with Gasteiger partial charge >= 0.3 is 0 Å². The van der Waals surface area contributed by atoms with Crippen molar-refractivity contribution in [2.75, 3.05) is 0 Å². The van der Waals surface area contributed by atoms with Gasteiger partial charge in [0.05, 0.1) is 0 Å². The third-order valence-electron chi connectivity index (χ3n) is 1.55. The van der Waals surface area contributed by atoms with Gasteiger partial charge in [0.2, 0.25) is 0 Å². The summed E-state index contributed by atoms with van der Waals surface area (Å²) in [7, 11) is 0. The van der Waals surface area contributed by atoms with Crippen LogP contribution in [0.25, 0.3) is 0 Å². The summed E-state index contributed by atoms with van der Waals surface area (Å²) in [6.07, 6.45) is 3.27. The maximum atomic E-state index is 13.2. The van der Waals surface area contributed by atoms with E-state index in [1.165, 1.54) is 6.08 Å². The summed E-state index contributed by atoms with van der Waals surface area (Å²) in [5.74, 6) is 0.0610. The van der Waals surface area contributed by atoms with E-state index in [1.54, 1.807) is 13.0 Å².